The Hall–Kier alpha value is -2.48. The number of pyridine rings is 1. The van der Waals surface area contributed by atoms with Gasteiger partial charge in [-0.15, -0.1) is 11.3 Å². The molecule has 0 aliphatic carbocycles. The number of guanidine groups is 1. The van der Waals surface area contributed by atoms with Gasteiger partial charge in [0.05, 0.1) is 16.3 Å². The van der Waals surface area contributed by atoms with Crippen LogP contribution in [0.5, 0.6) is 0 Å². The number of thiazole rings is 1. The molecule has 0 spiro atoms. The van der Waals surface area contributed by atoms with Crippen LogP contribution in [0.3, 0.4) is 0 Å². The van der Waals surface area contributed by atoms with Crippen LogP contribution in [0, 0.1) is 13.8 Å². The molecule has 0 aliphatic rings. The number of aromatic nitrogens is 2. The smallest absolute Gasteiger partial charge is 0.252 e. The first-order chi connectivity index (χ1) is 12.1. The van der Waals surface area contributed by atoms with Gasteiger partial charge in [0.25, 0.3) is 5.91 Å². The van der Waals surface area contributed by atoms with Crippen LogP contribution < -0.4 is 16.0 Å². The molecule has 0 unspecified atom stereocenters. The Bertz CT molecular complexity index is 694. The molecule has 8 heteroatoms. The highest BCUT2D eigenvalue weighted by molar-refractivity contribution is 7.11. The Kier molecular flexibility index (Phi) is 7.34. The average molecular weight is 360 g/mol. The first-order valence-electron chi connectivity index (χ1n) is 8.16. The van der Waals surface area contributed by atoms with Gasteiger partial charge in [-0.05, 0) is 26.0 Å². The number of rotatable bonds is 7. The number of amides is 1. The molecule has 134 valence electrons. The Morgan fingerprint density at radius 2 is 1.96 bits per heavy atom. The van der Waals surface area contributed by atoms with Crippen LogP contribution in [0.15, 0.2) is 29.5 Å². The minimum Gasteiger partial charge on any atom is -0.356 e. The maximum Gasteiger partial charge on any atom is 0.252 e. The number of hydrogen-bond acceptors (Lipinski definition) is 5. The van der Waals surface area contributed by atoms with Gasteiger partial charge in [0, 0.05) is 50.4 Å². The van der Waals surface area contributed by atoms with Crippen LogP contribution in [-0.2, 0) is 6.42 Å². The van der Waals surface area contributed by atoms with Gasteiger partial charge >= 0.3 is 0 Å². The molecule has 2 heterocycles. The molecule has 0 fully saturated rings. The summed E-state index contributed by atoms with van der Waals surface area (Å²) in [6.45, 7) is 5.96. The predicted molar refractivity (Wildman–Crippen MR) is 101 cm³/mol. The summed E-state index contributed by atoms with van der Waals surface area (Å²) in [6, 6.07) is 3.47. The number of nitrogens with zero attached hydrogens (tertiary/aromatic N) is 3. The summed E-state index contributed by atoms with van der Waals surface area (Å²) in [5, 5.41) is 10.4. The van der Waals surface area contributed by atoms with Crippen LogP contribution in [0.2, 0.25) is 0 Å². The molecular weight excluding hydrogens is 336 g/mol. The standard InChI is InChI=1S/C17H24N6OS/c1-12-13(2)25-15(23-12)6-8-21-17(18-3)22-10-9-20-16(24)14-5-4-7-19-11-14/h4-5,7,11H,6,8-10H2,1-3H3,(H,20,24)(H2,18,21,22). The highest BCUT2D eigenvalue weighted by Crippen LogP contribution is 2.16. The summed E-state index contributed by atoms with van der Waals surface area (Å²) in [5.74, 6) is 0.577. The van der Waals surface area contributed by atoms with Crippen molar-refractivity contribution >= 4 is 23.2 Å². The van der Waals surface area contributed by atoms with Gasteiger partial charge in [0.15, 0.2) is 5.96 Å². The molecule has 0 aliphatic heterocycles. The van der Waals surface area contributed by atoms with Crippen molar-refractivity contribution in [3.05, 3.63) is 45.7 Å². The van der Waals surface area contributed by atoms with E-state index >= 15 is 0 Å². The molecular formula is C17H24N6OS. The summed E-state index contributed by atoms with van der Waals surface area (Å²) in [6.07, 6.45) is 4.05. The van der Waals surface area contributed by atoms with E-state index in [0.29, 0.717) is 24.6 Å². The van der Waals surface area contributed by atoms with E-state index < -0.39 is 0 Å². The third-order valence-corrected chi connectivity index (χ3v) is 4.69. The van der Waals surface area contributed by atoms with Gasteiger partial charge in [0.2, 0.25) is 0 Å². The Balaban J connectivity index is 1.64. The van der Waals surface area contributed by atoms with Gasteiger partial charge in [-0.3, -0.25) is 14.8 Å². The van der Waals surface area contributed by atoms with Gasteiger partial charge in [-0.2, -0.15) is 0 Å². The van der Waals surface area contributed by atoms with E-state index in [2.05, 4.69) is 37.8 Å². The lowest BCUT2D eigenvalue weighted by atomic mass is 10.3. The van der Waals surface area contributed by atoms with Crippen molar-refractivity contribution in [3.8, 4) is 0 Å². The van der Waals surface area contributed by atoms with Gasteiger partial charge in [-0.1, -0.05) is 0 Å². The second-order valence-electron chi connectivity index (χ2n) is 5.42. The third-order valence-electron chi connectivity index (χ3n) is 3.55. The lowest BCUT2D eigenvalue weighted by Gasteiger charge is -2.11. The minimum absolute atomic E-state index is 0.132. The van der Waals surface area contributed by atoms with Crippen molar-refractivity contribution in [2.24, 2.45) is 4.99 Å². The van der Waals surface area contributed by atoms with Crippen LogP contribution in [0.25, 0.3) is 0 Å². The molecule has 1 amide bonds. The van der Waals surface area contributed by atoms with E-state index in [9.17, 15) is 4.79 Å². The van der Waals surface area contributed by atoms with Crippen LogP contribution >= 0.6 is 11.3 Å². The maximum absolute atomic E-state index is 11.9. The normalized spacial score (nSPS) is 11.2. The number of aliphatic imine (C=N–C) groups is 1. The number of hydrogen-bond donors (Lipinski definition) is 3. The van der Waals surface area contributed by atoms with E-state index in [4.69, 9.17) is 0 Å². The SMILES string of the molecule is CN=C(NCCNC(=O)c1cccnc1)NCCc1nc(C)c(C)s1. The van der Waals surface area contributed by atoms with E-state index in [1.807, 2.05) is 6.92 Å². The van der Waals surface area contributed by atoms with Crippen molar-refractivity contribution in [2.75, 3.05) is 26.7 Å². The number of nitrogens with one attached hydrogen (secondary N) is 3. The second-order valence-corrected chi connectivity index (χ2v) is 6.71. The maximum atomic E-state index is 11.9. The fourth-order valence-electron chi connectivity index (χ4n) is 2.11. The molecule has 3 N–H and O–H groups in total. The summed E-state index contributed by atoms with van der Waals surface area (Å²) in [7, 11) is 1.72. The van der Waals surface area contributed by atoms with Crippen molar-refractivity contribution in [1.82, 2.24) is 25.9 Å². The lowest BCUT2D eigenvalue weighted by molar-refractivity contribution is 0.0954. The molecule has 2 rings (SSSR count). The molecule has 0 saturated carbocycles. The zero-order chi connectivity index (χ0) is 18.1. The van der Waals surface area contributed by atoms with Crippen LogP contribution in [-0.4, -0.2) is 48.5 Å². The molecule has 0 saturated heterocycles. The summed E-state index contributed by atoms with van der Waals surface area (Å²) >= 11 is 1.73. The monoisotopic (exact) mass is 360 g/mol. The van der Waals surface area contributed by atoms with E-state index in [-0.39, 0.29) is 5.91 Å². The third kappa shape index (κ3) is 6.15. The number of aryl methyl sites for hydroxylation is 2. The summed E-state index contributed by atoms with van der Waals surface area (Å²) < 4.78 is 0. The first-order valence-corrected chi connectivity index (χ1v) is 8.97. The van der Waals surface area contributed by atoms with Gasteiger partial charge < -0.3 is 16.0 Å². The molecule has 7 nitrogen and oxygen atoms in total. The lowest BCUT2D eigenvalue weighted by Crippen LogP contribution is -2.42. The van der Waals surface area contributed by atoms with Crippen molar-refractivity contribution in [1.29, 1.82) is 0 Å². The van der Waals surface area contributed by atoms with Crippen molar-refractivity contribution in [2.45, 2.75) is 20.3 Å². The highest BCUT2D eigenvalue weighted by Gasteiger charge is 2.05. The molecule has 0 radical (unpaired) electrons. The zero-order valence-electron chi connectivity index (χ0n) is 14.8. The Morgan fingerprint density at radius 3 is 2.60 bits per heavy atom. The van der Waals surface area contributed by atoms with Crippen molar-refractivity contribution in [3.63, 3.8) is 0 Å². The number of carbonyl (C=O) groups excluding carboxylic acids is 1. The minimum atomic E-state index is -0.132. The molecule has 0 aromatic carbocycles. The van der Waals surface area contributed by atoms with Crippen LogP contribution in [0.1, 0.15) is 25.9 Å². The molecule has 0 bridgehead atoms. The molecule has 0 atom stereocenters. The van der Waals surface area contributed by atoms with E-state index in [1.54, 1.807) is 42.9 Å². The quantitative estimate of drug-likeness (QED) is 0.393. The Labute approximate surface area is 152 Å². The first kappa shape index (κ1) is 18.9. The molecule has 25 heavy (non-hydrogen) atoms. The number of carbonyl (C=O) groups is 1. The van der Waals surface area contributed by atoms with E-state index in [1.165, 1.54) is 4.88 Å². The summed E-state index contributed by atoms with van der Waals surface area (Å²) in [4.78, 5) is 25.8. The summed E-state index contributed by atoms with van der Waals surface area (Å²) in [5.41, 5.74) is 1.66. The van der Waals surface area contributed by atoms with Gasteiger partial charge in [-0.25, -0.2) is 4.98 Å². The van der Waals surface area contributed by atoms with E-state index in [0.717, 1.165) is 23.7 Å². The highest BCUT2D eigenvalue weighted by atomic mass is 32.1. The van der Waals surface area contributed by atoms with Gasteiger partial charge in [0.1, 0.15) is 0 Å². The second kappa shape index (κ2) is 9.73. The zero-order valence-corrected chi connectivity index (χ0v) is 15.6. The predicted octanol–water partition coefficient (Wildman–Crippen LogP) is 1.29. The van der Waals surface area contributed by atoms with Crippen LogP contribution in [0.4, 0.5) is 0 Å². The molecule has 2 aromatic heterocycles. The largest absolute Gasteiger partial charge is 0.356 e. The fourth-order valence-corrected chi connectivity index (χ4v) is 3.04. The average Bonchev–Trinajstić information content (AvgIpc) is 2.95. The topological polar surface area (TPSA) is 91.3 Å². The molecule has 2 aromatic rings. The van der Waals surface area contributed by atoms with Crippen molar-refractivity contribution < 1.29 is 4.79 Å². The fraction of sp³-hybridized carbons (Fsp3) is 0.412. The Morgan fingerprint density at radius 1 is 1.20 bits per heavy atom.